The van der Waals surface area contributed by atoms with Gasteiger partial charge in [0.15, 0.2) is 0 Å². The average molecular weight is 286 g/mol. The summed E-state index contributed by atoms with van der Waals surface area (Å²) in [6, 6.07) is 0.217. The summed E-state index contributed by atoms with van der Waals surface area (Å²) in [6.45, 7) is 2.78. The average Bonchev–Trinajstić information content (AvgIpc) is 2.48. The van der Waals surface area contributed by atoms with Gasteiger partial charge in [0.25, 0.3) is 0 Å². The van der Waals surface area contributed by atoms with Crippen molar-refractivity contribution in [3.8, 4) is 0 Å². The van der Waals surface area contributed by atoms with E-state index in [2.05, 4.69) is 5.43 Å². The number of nitrogens with two attached hydrogens (primary N) is 1. The molecule has 0 aromatic carbocycles. The van der Waals surface area contributed by atoms with Gasteiger partial charge in [0.1, 0.15) is 0 Å². The second-order valence-corrected chi connectivity index (χ2v) is 6.19. The van der Waals surface area contributed by atoms with Crippen LogP contribution < -0.4 is 11.3 Å². The van der Waals surface area contributed by atoms with Gasteiger partial charge in [0, 0.05) is 19.8 Å². The molecule has 118 valence electrons. The lowest BCUT2D eigenvalue weighted by Crippen LogP contribution is -2.51. The molecule has 20 heavy (non-hydrogen) atoms. The van der Waals surface area contributed by atoms with E-state index < -0.39 is 0 Å². The molecule has 2 rings (SSSR count). The molecule has 0 radical (unpaired) electrons. The number of nitrogens with one attached hydrogen (secondary N) is 1. The van der Waals surface area contributed by atoms with Crippen LogP contribution in [0.5, 0.6) is 0 Å². The maximum atomic E-state index is 6.14. The molecule has 2 unspecified atom stereocenters. The number of hydrazine groups is 1. The zero-order valence-electron chi connectivity index (χ0n) is 12.7. The summed E-state index contributed by atoms with van der Waals surface area (Å²) in [5.74, 6) is 6.28. The normalized spacial score (nSPS) is 27.6. The van der Waals surface area contributed by atoms with Gasteiger partial charge >= 0.3 is 0 Å². The van der Waals surface area contributed by atoms with Crippen molar-refractivity contribution in [3.05, 3.63) is 0 Å². The second-order valence-electron chi connectivity index (χ2n) is 6.19. The molecule has 5 nitrogen and oxygen atoms in total. The Balaban J connectivity index is 1.82. The van der Waals surface area contributed by atoms with E-state index in [4.69, 9.17) is 20.1 Å². The standard InChI is InChI=1S/C15H30N2O3/c1-18-9-10-19-12-14(17-16)13-5-8-20-15(11-13)6-3-2-4-7-15/h13-14,17H,2-12,16H2,1H3. The predicted molar refractivity (Wildman–Crippen MR) is 78.3 cm³/mol. The lowest BCUT2D eigenvalue weighted by molar-refractivity contribution is -0.125. The molecule has 0 bridgehead atoms. The maximum Gasteiger partial charge on any atom is 0.0701 e. The maximum absolute atomic E-state index is 6.14. The molecule has 1 spiro atoms. The molecule has 1 heterocycles. The Morgan fingerprint density at radius 2 is 2.10 bits per heavy atom. The van der Waals surface area contributed by atoms with E-state index in [1.54, 1.807) is 7.11 Å². The number of methoxy groups -OCH3 is 1. The van der Waals surface area contributed by atoms with Crippen LogP contribution in [-0.2, 0) is 14.2 Å². The Kier molecular flexibility index (Phi) is 6.71. The summed E-state index contributed by atoms with van der Waals surface area (Å²) >= 11 is 0. The van der Waals surface area contributed by atoms with Crippen LogP contribution in [0.15, 0.2) is 0 Å². The molecule has 1 saturated heterocycles. The quantitative estimate of drug-likeness (QED) is 0.423. The first-order chi connectivity index (χ1) is 9.79. The molecule has 2 aliphatic rings. The van der Waals surface area contributed by atoms with Crippen molar-refractivity contribution in [2.45, 2.75) is 56.6 Å². The van der Waals surface area contributed by atoms with Crippen molar-refractivity contribution < 1.29 is 14.2 Å². The third-order valence-electron chi connectivity index (χ3n) is 4.81. The Hall–Kier alpha value is -0.200. The first kappa shape index (κ1) is 16.2. The van der Waals surface area contributed by atoms with Crippen molar-refractivity contribution in [1.82, 2.24) is 5.43 Å². The number of hydrogen-bond acceptors (Lipinski definition) is 5. The van der Waals surface area contributed by atoms with Gasteiger partial charge in [-0.15, -0.1) is 0 Å². The molecule has 0 aromatic rings. The molecule has 1 aliphatic heterocycles. The molecule has 2 fully saturated rings. The summed E-state index contributed by atoms with van der Waals surface area (Å²) in [4.78, 5) is 0. The highest BCUT2D eigenvalue weighted by Crippen LogP contribution is 2.41. The minimum Gasteiger partial charge on any atom is -0.382 e. The van der Waals surface area contributed by atoms with Crippen LogP contribution >= 0.6 is 0 Å². The van der Waals surface area contributed by atoms with Crippen LogP contribution in [0.2, 0.25) is 0 Å². The van der Waals surface area contributed by atoms with E-state index in [0.29, 0.717) is 25.7 Å². The zero-order chi connectivity index (χ0) is 14.3. The molecule has 3 N–H and O–H groups in total. The van der Waals surface area contributed by atoms with Gasteiger partial charge in [0.2, 0.25) is 0 Å². The lowest BCUT2D eigenvalue weighted by atomic mass is 9.74. The Labute approximate surface area is 122 Å². The topological polar surface area (TPSA) is 65.7 Å². The van der Waals surface area contributed by atoms with Crippen molar-refractivity contribution in [2.24, 2.45) is 11.8 Å². The fraction of sp³-hybridized carbons (Fsp3) is 1.00. The van der Waals surface area contributed by atoms with Crippen molar-refractivity contribution in [1.29, 1.82) is 0 Å². The Morgan fingerprint density at radius 1 is 1.30 bits per heavy atom. The minimum atomic E-state index is 0.128. The highest BCUT2D eigenvalue weighted by Gasteiger charge is 2.40. The number of rotatable bonds is 7. The zero-order valence-corrected chi connectivity index (χ0v) is 12.7. The fourth-order valence-electron chi connectivity index (χ4n) is 3.63. The van der Waals surface area contributed by atoms with E-state index in [1.807, 2.05) is 0 Å². The van der Waals surface area contributed by atoms with E-state index in [-0.39, 0.29) is 11.6 Å². The van der Waals surface area contributed by atoms with Crippen LogP contribution in [0, 0.1) is 5.92 Å². The Bertz CT molecular complexity index is 264. The second kappa shape index (κ2) is 8.29. The van der Waals surface area contributed by atoms with Gasteiger partial charge in [-0.3, -0.25) is 11.3 Å². The molecule has 1 aliphatic carbocycles. The minimum absolute atomic E-state index is 0.128. The van der Waals surface area contributed by atoms with Crippen LogP contribution in [0.1, 0.15) is 44.9 Å². The van der Waals surface area contributed by atoms with Crippen LogP contribution in [0.4, 0.5) is 0 Å². The van der Waals surface area contributed by atoms with Crippen LogP contribution in [0.25, 0.3) is 0 Å². The first-order valence-corrected chi connectivity index (χ1v) is 7.96. The van der Waals surface area contributed by atoms with E-state index in [0.717, 1.165) is 19.4 Å². The largest absolute Gasteiger partial charge is 0.382 e. The van der Waals surface area contributed by atoms with Gasteiger partial charge in [-0.25, -0.2) is 0 Å². The highest BCUT2D eigenvalue weighted by atomic mass is 16.5. The molecule has 2 atom stereocenters. The molecular weight excluding hydrogens is 256 g/mol. The molecule has 0 aromatic heterocycles. The number of ether oxygens (including phenoxy) is 3. The molecule has 0 amide bonds. The summed E-state index contributed by atoms with van der Waals surface area (Å²) in [5.41, 5.74) is 3.08. The summed E-state index contributed by atoms with van der Waals surface area (Å²) in [7, 11) is 1.69. The van der Waals surface area contributed by atoms with Crippen molar-refractivity contribution in [3.63, 3.8) is 0 Å². The third-order valence-corrected chi connectivity index (χ3v) is 4.81. The van der Waals surface area contributed by atoms with Gasteiger partial charge in [0.05, 0.1) is 25.4 Å². The molecule has 5 heteroatoms. The summed E-state index contributed by atoms with van der Waals surface area (Å²) < 4.78 is 16.8. The van der Waals surface area contributed by atoms with Gasteiger partial charge in [-0.2, -0.15) is 0 Å². The van der Waals surface area contributed by atoms with Gasteiger partial charge in [-0.1, -0.05) is 19.3 Å². The SMILES string of the molecule is COCCOCC(NN)C1CCOC2(CCCCC2)C1. The predicted octanol–water partition coefficient (Wildman–Crippen LogP) is 1.61. The fourth-order valence-corrected chi connectivity index (χ4v) is 3.63. The van der Waals surface area contributed by atoms with Gasteiger partial charge < -0.3 is 14.2 Å². The molecule has 1 saturated carbocycles. The number of hydrogen-bond donors (Lipinski definition) is 2. The van der Waals surface area contributed by atoms with E-state index >= 15 is 0 Å². The van der Waals surface area contributed by atoms with Gasteiger partial charge in [-0.05, 0) is 31.6 Å². The van der Waals surface area contributed by atoms with Crippen LogP contribution in [-0.4, -0.2) is 45.2 Å². The monoisotopic (exact) mass is 286 g/mol. The molecular formula is C15H30N2O3. The van der Waals surface area contributed by atoms with E-state index in [9.17, 15) is 0 Å². The first-order valence-electron chi connectivity index (χ1n) is 7.96. The highest BCUT2D eigenvalue weighted by molar-refractivity contribution is 4.92. The third kappa shape index (κ3) is 4.40. The van der Waals surface area contributed by atoms with E-state index in [1.165, 1.54) is 32.1 Å². The Morgan fingerprint density at radius 3 is 2.80 bits per heavy atom. The van der Waals surface area contributed by atoms with Crippen molar-refractivity contribution >= 4 is 0 Å². The summed E-state index contributed by atoms with van der Waals surface area (Å²) in [6.07, 6.45) is 8.58. The summed E-state index contributed by atoms with van der Waals surface area (Å²) in [5, 5.41) is 0. The smallest absolute Gasteiger partial charge is 0.0701 e. The lowest BCUT2D eigenvalue weighted by Gasteiger charge is -2.45. The van der Waals surface area contributed by atoms with Crippen molar-refractivity contribution in [2.75, 3.05) is 33.5 Å². The van der Waals surface area contributed by atoms with Crippen LogP contribution in [0.3, 0.4) is 0 Å².